The summed E-state index contributed by atoms with van der Waals surface area (Å²) in [7, 11) is 0. The highest BCUT2D eigenvalue weighted by Crippen LogP contribution is 2.39. The summed E-state index contributed by atoms with van der Waals surface area (Å²) in [5, 5.41) is 20.5. The minimum atomic E-state index is -0.479. The van der Waals surface area contributed by atoms with Crippen LogP contribution in [0.3, 0.4) is 0 Å². The molecule has 206 valence electrons. The minimum absolute atomic E-state index is 0.0399. The van der Waals surface area contributed by atoms with Crippen LogP contribution in [0.1, 0.15) is 24.5 Å². The first-order valence-corrected chi connectivity index (χ1v) is 13.3. The molecule has 1 atom stereocenters. The van der Waals surface area contributed by atoms with E-state index >= 15 is 0 Å². The number of nitrogens with zero attached hydrogens (tertiary/aromatic N) is 2. The summed E-state index contributed by atoms with van der Waals surface area (Å²) in [6, 6.07) is 20.9. The average Bonchev–Trinajstić information content (AvgIpc) is 3.31. The predicted molar refractivity (Wildman–Crippen MR) is 155 cm³/mol. The number of benzene rings is 3. The molecule has 1 saturated heterocycles. The lowest BCUT2D eigenvalue weighted by Gasteiger charge is -2.27. The summed E-state index contributed by atoms with van der Waals surface area (Å²) in [6.07, 6.45) is 0.765. The number of anilines is 3. The van der Waals surface area contributed by atoms with Gasteiger partial charge in [-0.25, -0.2) is 0 Å². The molecule has 0 aliphatic carbocycles. The summed E-state index contributed by atoms with van der Waals surface area (Å²) in [4.78, 5) is 39.1. The number of carbonyl (C=O) groups is 2. The summed E-state index contributed by atoms with van der Waals surface area (Å²) >= 11 is 0. The molecule has 0 radical (unpaired) electrons. The van der Waals surface area contributed by atoms with E-state index in [1.54, 1.807) is 18.2 Å². The predicted octanol–water partition coefficient (Wildman–Crippen LogP) is 4.82. The van der Waals surface area contributed by atoms with Gasteiger partial charge in [0, 0.05) is 53.8 Å². The van der Waals surface area contributed by atoms with E-state index in [1.807, 2.05) is 49.4 Å². The zero-order valence-corrected chi connectivity index (χ0v) is 22.2. The molecule has 0 bridgehead atoms. The molecule has 0 saturated carbocycles. The fourth-order valence-electron chi connectivity index (χ4n) is 4.78. The zero-order valence-electron chi connectivity index (χ0n) is 22.2. The van der Waals surface area contributed by atoms with Crippen molar-refractivity contribution >= 4 is 45.8 Å². The highest BCUT2D eigenvalue weighted by atomic mass is 16.6. The van der Waals surface area contributed by atoms with Crippen molar-refractivity contribution in [1.29, 1.82) is 0 Å². The normalized spacial score (nSPS) is 17.0. The van der Waals surface area contributed by atoms with Crippen LogP contribution in [0, 0.1) is 16.0 Å². The van der Waals surface area contributed by atoms with E-state index in [2.05, 4.69) is 20.9 Å². The van der Waals surface area contributed by atoms with E-state index in [9.17, 15) is 19.7 Å². The summed E-state index contributed by atoms with van der Waals surface area (Å²) in [5.41, 5.74) is 3.82. The van der Waals surface area contributed by atoms with Crippen LogP contribution in [0.4, 0.5) is 22.7 Å². The third kappa shape index (κ3) is 6.19. The number of amides is 2. The van der Waals surface area contributed by atoms with Crippen molar-refractivity contribution in [3.05, 3.63) is 94.0 Å². The Morgan fingerprint density at radius 1 is 1.02 bits per heavy atom. The molecular weight excluding hydrogens is 510 g/mol. The molecule has 3 aromatic rings. The number of morpholine rings is 1. The smallest absolute Gasteiger partial charge is 0.270 e. The van der Waals surface area contributed by atoms with Gasteiger partial charge in [-0.2, -0.15) is 0 Å². The van der Waals surface area contributed by atoms with Crippen LogP contribution in [0.25, 0.3) is 11.3 Å². The molecular formula is C30H31N5O5. The van der Waals surface area contributed by atoms with Crippen molar-refractivity contribution in [2.45, 2.75) is 13.3 Å². The van der Waals surface area contributed by atoms with Crippen LogP contribution in [-0.4, -0.2) is 54.5 Å². The molecule has 3 aromatic carbocycles. The molecule has 10 nitrogen and oxygen atoms in total. The van der Waals surface area contributed by atoms with Crippen molar-refractivity contribution < 1.29 is 19.2 Å². The molecule has 5 rings (SSSR count). The number of non-ortho nitro benzene ring substituents is 1. The highest BCUT2D eigenvalue weighted by Gasteiger charge is 2.30. The van der Waals surface area contributed by atoms with E-state index in [4.69, 9.17) is 4.74 Å². The van der Waals surface area contributed by atoms with Crippen molar-refractivity contribution in [3.8, 4) is 0 Å². The topological polar surface area (TPSA) is 126 Å². The molecule has 2 aliphatic heterocycles. The minimum Gasteiger partial charge on any atom is -0.379 e. The molecule has 0 spiro atoms. The van der Waals surface area contributed by atoms with Gasteiger partial charge >= 0.3 is 0 Å². The highest BCUT2D eigenvalue weighted by molar-refractivity contribution is 6.37. The molecule has 3 N–H and O–H groups in total. The maximum atomic E-state index is 13.1. The van der Waals surface area contributed by atoms with Crippen LogP contribution in [0.15, 0.2) is 72.8 Å². The maximum Gasteiger partial charge on any atom is 0.270 e. The van der Waals surface area contributed by atoms with Gasteiger partial charge in [0.15, 0.2) is 0 Å². The number of fused-ring (bicyclic) bond motifs is 1. The number of ether oxygens (including phenoxy) is 1. The molecule has 10 heteroatoms. The first-order chi connectivity index (χ1) is 19.4. The molecule has 2 heterocycles. The number of carbonyl (C=O) groups excluding carboxylic acids is 2. The Hall–Kier alpha value is -4.54. The number of hydrogen-bond donors (Lipinski definition) is 3. The third-order valence-electron chi connectivity index (χ3n) is 7.12. The van der Waals surface area contributed by atoms with E-state index in [0.717, 1.165) is 44.8 Å². The van der Waals surface area contributed by atoms with Crippen molar-refractivity contribution in [2.75, 3.05) is 48.8 Å². The second-order valence-electron chi connectivity index (χ2n) is 9.89. The molecule has 0 aromatic heterocycles. The van der Waals surface area contributed by atoms with Crippen LogP contribution in [-0.2, 0) is 14.3 Å². The van der Waals surface area contributed by atoms with Crippen molar-refractivity contribution in [1.82, 2.24) is 4.90 Å². The lowest BCUT2D eigenvalue weighted by Crippen LogP contribution is -2.38. The lowest BCUT2D eigenvalue weighted by molar-refractivity contribution is -0.384. The van der Waals surface area contributed by atoms with Crippen molar-refractivity contribution in [2.24, 2.45) is 5.92 Å². The quantitative estimate of drug-likeness (QED) is 0.201. The summed E-state index contributed by atoms with van der Waals surface area (Å²) in [5.74, 6) is -0.529. The second kappa shape index (κ2) is 12.1. The average molecular weight is 542 g/mol. The van der Waals surface area contributed by atoms with Gasteiger partial charge in [0.25, 0.3) is 11.6 Å². The Balaban J connectivity index is 1.34. The fourth-order valence-corrected chi connectivity index (χ4v) is 4.78. The monoisotopic (exact) mass is 541 g/mol. The Kier molecular flexibility index (Phi) is 8.18. The Morgan fingerprint density at radius 3 is 2.38 bits per heavy atom. The Labute approximate surface area is 232 Å². The lowest BCUT2D eigenvalue weighted by atomic mass is 9.99. The Morgan fingerprint density at radius 2 is 1.70 bits per heavy atom. The first kappa shape index (κ1) is 27.0. The van der Waals surface area contributed by atoms with Gasteiger partial charge in [-0.1, -0.05) is 37.3 Å². The molecule has 1 unspecified atom stereocenters. The van der Waals surface area contributed by atoms with Gasteiger partial charge in [-0.05, 0) is 48.9 Å². The number of nitro groups is 1. The number of nitrogens with one attached hydrogen (secondary N) is 3. The fraction of sp³-hybridized carbons (Fsp3) is 0.267. The van der Waals surface area contributed by atoms with Crippen LogP contribution in [0.2, 0.25) is 0 Å². The molecule has 2 aliphatic rings. The third-order valence-corrected chi connectivity index (χ3v) is 7.12. The van der Waals surface area contributed by atoms with Gasteiger partial charge in [-0.15, -0.1) is 0 Å². The van der Waals surface area contributed by atoms with E-state index in [0.29, 0.717) is 33.9 Å². The van der Waals surface area contributed by atoms with E-state index < -0.39 is 4.92 Å². The van der Waals surface area contributed by atoms with Gasteiger partial charge in [-0.3, -0.25) is 24.6 Å². The van der Waals surface area contributed by atoms with Crippen LogP contribution < -0.4 is 16.0 Å². The van der Waals surface area contributed by atoms with E-state index in [-0.39, 0.29) is 23.4 Å². The molecule has 2 amide bonds. The number of rotatable bonds is 9. The second-order valence-corrected chi connectivity index (χ2v) is 9.89. The summed E-state index contributed by atoms with van der Waals surface area (Å²) in [6.45, 7) is 6.06. The number of hydrogen-bond acceptors (Lipinski definition) is 7. The molecule has 40 heavy (non-hydrogen) atoms. The van der Waals surface area contributed by atoms with Gasteiger partial charge in [0.05, 0.1) is 29.4 Å². The van der Waals surface area contributed by atoms with Crippen LogP contribution in [0.5, 0.6) is 0 Å². The molecule has 1 fully saturated rings. The van der Waals surface area contributed by atoms with Gasteiger partial charge in [0.1, 0.15) is 0 Å². The Bertz CT molecular complexity index is 1430. The standard InChI is InChI=1S/C30H31N5O5/c1-20(13-14-34-15-17-40-18-16-34)29(36)32-23-9-7-22(8-10-23)31-28(21-5-3-2-4-6-21)27-25-19-24(35(38)39)11-12-26(25)33-30(27)37/h2-12,19-20,31H,13-18H2,1H3,(H,32,36)(H,33,37)/b28-27-. The van der Waals surface area contributed by atoms with Crippen LogP contribution >= 0.6 is 0 Å². The SMILES string of the molecule is CC(CCN1CCOCC1)C(=O)Nc1ccc(N/C(=C2\C(=O)Nc3ccc([N+](=O)[O-])cc32)c2ccccc2)cc1. The number of nitro benzene ring substituents is 1. The van der Waals surface area contributed by atoms with Gasteiger partial charge < -0.3 is 20.7 Å². The largest absolute Gasteiger partial charge is 0.379 e. The maximum absolute atomic E-state index is 13.1. The van der Waals surface area contributed by atoms with Gasteiger partial charge in [0.2, 0.25) is 5.91 Å². The summed E-state index contributed by atoms with van der Waals surface area (Å²) < 4.78 is 5.38. The van der Waals surface area contributed by atoms with E-state index in [1.165, 1.54) is 12.1 Å². The zero-order chi connectivity index (χ0) is 28.1. The van der Waals surface area contributed by atoms with Crippen molar-refractivity contribution in [3.63, 3.8) is 0 Å². The first-order valence-electron chi connectivity index (χ1n) is 13.3.